The lowest BCUT2D eigenvalue weighted by atomic mass is 9.77. The van der Waals surface area contributed by atoms with Gasteiger partial charge in [-0.25, -0.2) is 28.8 Å². The first-order valence-corrected chi connectivity index (χ1v) is 35.9. The summed E-state index contributed by atoms with van der Waals surface area (Å²) in [6.07, 6.45) is -4.26. The Morgan fingerprint density at radius 1 is 0.264 bits per heavy atom. The van der Waals surface area contributed by atoms with Gasteiger partial charge in [0.05, 0.1) is 95.7 Å². The van der Waals surface area contributed by atoms with Crippen molar-refractivity contribution >= 4 is 82.1 Å². The van der Waals surface area contributed by atoms with Crippen LogP contribution in [-0.4, -0.2) is 86.0 Å². The van der Waals surface area contributed by atoms with Gasteiger partial charge in [0.1, 0.15) is 46.0 Å². The van der Waals surface area contributed by atoms with Crippen LogP contribution in [0.15, 0.2) is 97.1 Å². The minimum Gasteiger partial charge on any atom is -0.453 e. The van der Waals surface area contributed by atoms with Crippen LogP contribution >= 0.6 is 0 Å². The fourth-order valence-corrected chi connectivity index (χ4v) is 14.1. The molecular formula is C78H76N8O24. The van der Waals surface area contributed by atoms with Crippen molar-refractivity contribution in [1.29, 1.82) is 0 Å². The van der Waals surface area contributed by atoms with Crippen LogP contribution in [-0.2, 0) is 28.4 Å². The number of anilines is 6. The molecule has 0 fully saturated rings. The number of nitro benzene ring substituents is 2. The molecule has 8 aromatic rings. The van der Waals surface area contributed by atoms with Crippen LogP contribution in [0.4, 0.5) is 74.3 Å². The highest BCUT2D eigenvalue weighted by molar-refractivity contribution is 5.99. The van der Waals surface area contributed by atoms with E-state index in [0.717, 1.165) is 12.1 Å². The standard InChI is InChI=1S/C78H76N8O24/c1-11-37-41-21-43-38(12-2)45-23-47-40(14-4)48-24-46-39(13-3)44-22-42(37)58-34-60(44)106-68-28-52(82-76(90)100-18-8)54(84-78(92)102-20-10)30-70(68)108-62(46)36-64(48)110-72-32-56(86(95)96)55(85(93)94)31-71(72)109-63(47)35-61(45)107-69-29-53(83-77(91)101-19-9)51(81-75(89)99-17-7)27-67(69)105-59(43)33-57(41)103-65-25-49(79-73(87)97-15-5)50(26-66(65)104-58)80-74(88)98-16-6/h21-40H,11-20H2,1-10H3,(H,79,87)(H,80,88)(H,81,89)(H,82,90)(H,83,91)(H,84,92). The number of carbonyl (C=O) groups is 6. The molecule has 6 amide bonds. The van der Waals surface area contributed by atoms with E-state index in [-0.39, 0.29) is 172 Å². The number of nitrogens with one attached hydrogen (secondary N) is 6. The first kappa shape index (κ1) is 74.8. The Morgan fingerprint density at radius 2 is 0.418 bits per heavy atom. The molecule has 6 N–H and O–H groups in total. The number of fused-ring (bicyclic) bond motifs is 4. The van der Waals surface area contributed by atoms with E-state index in [1.54, 1.807) is 65.8 Å². The first-order valence-electron chi connectivity index (χ1n) is 35.9. The van der Waals surface area contributed by atoms with Crippen LogP contribution in [0.25, 0.3) is 0 Å². The predicted octanol–water partition coefficient (Wildman–Crippen LogP) is 21.0. The highest BCUT2D eigenvalue weighted by Gasteiger charge is 2.40. The molecule has 0 aromatic heterocycles. The van der Waals surface area contributed by atoms with Crippen molar-refractivity contribution < 1.29 is 105 Å². The van der Waals surface area contributed by atoms with Crippen molar-refractivity contribution in [1.82, 2.24) is 0 Å². The molecule has 8 bridgehead atoms. The summed E-state index contributed by atoms with van der Waals surface area (Å²) < 4.78 is 89.5. The Kier molecular flexibility index (Phi) is 21.5. The van der Waals surface area contributed by atoms with E-state index in [4.69, 9.17) is 66.3 Å². The zero-order valence-corrected chi connectivity index (χ0v) is 61.3. The molecule has 0 radical (unpaired) electrons. The molecule has 572 valence electrons. The molecule has 0 saturated heterocycles. The van der Waals surface area contributed by atoms with Gasteiger partial charge in [0, 0.05) is 129 Å². The van der Waals surface area contributed by atoms with Gasteiger partial charge >= 0.3 is 47.9 Å². The molecule has 110 heavy (non-hydrogen) atoms. The molecule has 32 heteroatoms. The SMILES string of the molecule is CCOC(=O)Nc1cc2c(cc1NC(=O)OCC)Oc1cc3c4cc1C(CC)c1cc5c(cc1O2)Oc1cc(NC(=O)OCC)c(NC(=O)OCC)cc1Oc1cc2c(cc1C5CC)C(CC)c1cc(c(cc1Oc1cc([N+](=O)[O-])c([N+](=O)[O-])cc1O2)Oc1cc(NC(=O)OCC)c(NC(=O)OCC)cc1O3)C4CC. The van der Waals surface area contributed by atoms with E-state index in [1.165, 1.54) is 36.4 Å². The summed E-state index contributed by atoms with van der Waals surface area (Å²) in [5, 5.41) is 42.3. The normalized spacial score (nSPS) is 15.2. The number of amides is 6. The van der Waals surface area contributed by atoms with Gasteiger partial charge in [-0.3, -0.25) is 52.1 Å². The summed E-state index contributed by atoms with van der Waals surface area (Å²) in [4.78, 5) is 106. The Hall–Kier alpha value is -13.4. The number of benzene rings is 8. The second kappa shape index (κ2) is 31.6. The van der Waals surface area contributed by atoms with Crippen molar-refractivity contribution in [2.24, 2.45) is 0 Å². The molecule has 4 aliphatic heterocycles. The fraction of sp³-hybridized carbons (Fsp3) is 0.308. The number of nitrogens with zero attached hydrogens (tertiary/aromatic N) is 2. The number of hydrogen-bond acceptors (Lipinski definition) is 24. The third-order valence-corrected chi connectivity index (χ3v) is 18.7. The highest BCUT2D eigenvalue weighted by Crippen LogP contribution is 2.61. The van der Waals surface area contributed by atoms with Crippen LogP contribution in [0.5, 0.6) is 92.0 Å². The van der Waals surface area contributed by atoms with Crippen molar-refractivity contribution in [2.45, 2.75) is 119 Å². The maximum Gasteiger partial charge on any atom is 0.411 e. The average molecular weight is 1510 g/mol. The van der Waals surface area contributed by atoms with Crippen LogP contribution in [0.1, 0.15) is 163 Å². The maximum absolute atomic E-state index is 13.6. The Bertz CT molecular complexity index is 4800. The molecule has 2 atom stereocenters. The number of carbonyl (C=O) groups excluding carboxylic acids is 6. The van der Waals surface area contributed by atoms with E-state index in [1.807, 2.05) is 52.0 Å². The topological polar surface area (TPSA) is 390 Å². The van der Waals surface area contributed by atoms with Gasteiger partial charge in [-0.2, -0.15) is 0 Å². The van der Waals surface area contributed by atoms with Crippen molar-refractivity contribution in [3.63, 3.8) is 0 Å². The van der Waals surface area contributed by atoms with Crippen LogP contribution < -0.4 is 69.8 Å². The zero-order valence-electron chi connectivity index (χ0n) is 61.3. The van der Waals surface area contributed by atoms with Crippen molar-refractivity contribution in [3.8, 4) is 92.0 Å². The molecular weight excluding hydrogens is 1430 g/mol. The summed E-state index contributed by atoms with van der Waals surface area (Å²) in [6.45, 7) is 17.3. The molecule has 13 rings (SSSR count). The second-order valence-electron chi connectivity index (χ2n) is 25.3. The summed E-state index contributed by atoms with van der Waals surface area (Å²) in [5.41, 5.74) is 1.98. The second-order valence-corrected chi connectivity index (χ2v) is 25.3. The number of rotatable bonds is 18. The van der Waals surface area contributed by atoms with Gasteiger partial charge in [0.15, 0.2) is 46.0 Å². The summed E-state index contributed by atoms with van der Waals surface area (Å²) in [6, 6.07) is 24.5. The summed E-state index contributed by atoms with van der Waals surface area (Å²) in [7, 11) is 0. The molecule has 8 aromatic carbocycles. The monoisotopic (exact) mass is 1510 g/mol. The van der Waals surface area contributed by atoms with E-state index in [0.29, 0.717) is 63.8 Å². The molecule has 5 aliphatic rings. The Morgan fingerprint density at radius 3 is 0.555 bits per heavy atom. The third kappa shape index (κ3) is 14.8. The smallest absolute Gasteiger partial charge is 0.411 e. The Labute approximate surface area is 628 Å². The van der Waals surface area contributed by atoms with Gasteiger partial charge < -0.3 is 66.3 Å². The minimum absolute atomic E-state index is 0.0259. The molecule has 1 aliphatic carbocycles. The summed E-state index contributed by atoms with van der Waals surface area (Å²) in [5.74, 6) is -3.20. The van der Waals surface area contributed by atoms with Crippen LogP contribution in [0.3, 0.4) is 0 Å². The average Bonchev–Trinajstić information content (AvgIpc) is 1.49. The predicted molar refractivity (Wildman–Crippen MR) is 398 cm³/mol. The zero-order chi connectivity index (χ0) is 77.9. The largest absolute Gasteiger partial charge is 0.453 e. The number of nitro groups is 2. The highest BCUT2D eigenvalue weighted by atomic mass is 16.6. The number of hydrogen-bond donors (Lipinski definition) is 6. The van der Waals surface area contributed by atoms with Gasteiger partial charge in [-0.05, 0) is 91.5 Å². The van der Waals surface area contributed by atoms with Gasteiger partial charge in [-0.15, -0.1) is 0 Å². The minimum atomic E-state index is -0.939. The van der Waals surface area contributed by atoms with Gasteiger partial charge in [0.2, 0.25) is 0 Å². The van der Waals surface area contributed by atoms with Gasteiger partial charge in [0.25, 0.3) is 0 Å². The fourth-order valence-electron chi connectivity index (χ4n) is 14.1. The molecule has 2 unspecified atom stereocenters. The lowest BCUT2D eigenvalue weighted by Gasteiger charge is -2.29. The van der Waals surface area contributed by atoms with E-state index in [9.17, 15) is 49.0 Å². The van der Waals surface area contributed by atoms with E-state index in [2.05, 4.69) is 31.9 Å². The Balaban J connectivity index is 1.21. The molecule has 32 nitrogen and oxygen atoms in total. The maximum atomic E-state index is 13.6. The lowest BCUT2D eigenvalue weighted by Crippen LogP contribution is -2.18. The quantitative estimate of drug-likeness (QED) is 0.0264. The van der Waals surface area contributed by atoms with Crippen molar-refractivity contribution in [2.75, 3.05) is 71.5 Å². The molecule has 4 heterocycles. The van der Waals surface area contributed by atoms with Gasteiger partial charge in [-0.1, -0.05) is 27.7 Å². The third-order valence-electron chi connectivity index (χ3n) is 18.7. The van der Waals surface area contributed by atoms with Crippen LogP contribution in [0, 0.1) is 20.2 Å². The number of ether oxygens (including phenoxy) is 14. The van der Waals surface area contributed by atoms with E-state index < -0.39 is 81.5 Å². The van der Waals surface area contributed by atoms with Crippen LogP contribution in [0.2, 0.25) is 0 Å². The van der Waals surface area contributed by atoms with Crippen molar-refractivity contribution in [3.05, 3.63) is 162 Å². The summed E-state index contributed by atoms with van der Waals surface area (Å²) >= 11 is 0. The molecule has 0 spiro atoms. The lowest BCUT2D eigenvalue weighted by molar-refractivity contribution is -0.422. The van der Waals surface area contributed by atoms with E-state index >= 15 is 0 Å². The molecule has 0 saturated carbocycles. The first-order chi connectivity index (χ1) is 53.1.